The van der Waals surface area contributed by atoms with Crippen LogP contribution in [0.15, 0.2) is 22.7 Å². The van der Waals surface area contributed by atoms with Crippen LogP contribution in [0.4, 0.5) is 8.78 Å². The zero-order chi connectivity index (χ0) is 13.1. The number of nitrogens with zero attached hydrogens (tertiary/aromatic N) is 2. The van der Waals surface area contributed by atoms with Gasteiger partial charge in [0.2, 0.25) is 0 Å². The molecule has 0 aliphatic rings. The highest BCUT2D eigenvalue weighted by atomic mass is 35.5. The number of aromatic nitrogens is 2. The van der Waals surface area contributed by atoms with E-state index in [2.05, 4.69) is 10.1 Å². The van der Waals surface area contributed by atoms with E-state index in [9.17, 15) is 8.78 Å². The Morgan fingerprint density at radius 2 is 2.00 bits per heavy atom. The van der Waals surface area contributed by atoms with Gasteiger partial charge in [0.25, 0.3) is 5.89 Å². The Labute approximate surface area is 108 Å². The lowest BCUT2D eigenvalue weighted by Crippen LogP contribution is -1.94. The first-order chi connectivity index (χ1) is 8.63. The zero-order valence-corrected chi connectivity index (χ0v) is 10.4. The summed E-state index contributed by atoms with van der Waals surface area (Å²) >= 11 is 6.01. The fourth-order valence-electron chi connectivity index (χ4n) is 1.55. The van der Waals surface area contributed by atoms with Crippen molar-refractivity contribution in [3.05, 3.63) is 35.7 Å². The highest BCUT2D eigenvalue weighted by Crippen LogP contribution is 2.28. The second-order valence-corrected chi connectivity index (χ2v) is 4.34. The molecular formula is C12H11ClF2N2O. The van der Waals surface area contributed by atoms with Crippen molar-refractivity contribution in [2.24, 2.45) is 0 Å². The molecule has 6 heteroatoms. The van der Waals surface area contributed by atoms with Crippen LogP contribution in [-0.2, 0) is 0 Å². The van der Waals surface area contributed by atoms with Crippen LogP contribution in [-0.4, -0.2) is 10.1 Å². The lowest BCUT2D eigenvalue weighted by atomic mass is 10.2. The second-order valence-electron chi connectivity index (χ2n) is 3.81. The predicted molar refractivity (Wildman–Crippen MR) is 63.2 cm³/mol. The van der Waals surface area contributed by atoms with Gasteiger partial charge in [0.05, 0.1) is 5.38 Å². The molecule has 2 rings (SSSR count). The normalized spacial score (nSPS) is 12.7. The number of hydrogen-bond donors (Lipinski definition) is 0. The summed E-state index contributed by atoms with van der Waals surface area (Å²) in [5.74, 6) is -1.43. The molecule has 0 saturated carbocycles. The molecule has 1 atom stereocenters. The van der Waals surface area contributed by atoms with E-state index in [-0.39, 0.29) is 17.3 Å². The fraction of sp³-hybridized carbons (Fsp3) is 0.333. The molecule has 2 aromatic rings. The van der Waals surface area contributed by atoms with Gasteiger partial charge in [-0.1, -0.05) is 24.6 Å². The van der Waals surface area contributed by atoms with E-state index in [1.165, 1.54) is 6.07 Å². The molecule has 0 spiro atoms. The Morgan fingerprint density at radius 1 is 1.33 bits per heavy atom. The summed E-state index contributed by atoms with van der Waals surface area (Å²) in [6, 6.07) is 3.53. The lowest BCUT2D eigenvalue weighted by molar-refractivity contribution is 0.415. The maximum absolute atomic E-state index is 13.5. The van der Waals surface area contributed by atoms with Gasteiger partial charge in [-0.2, -0.15) is 4.98 Å². The molecule has 1 aromatic carbocycles. The molecular weight excluding hydrogens is 262 g/mol. The number of alkyl halides is 1. The van der Waals surface area contributed by atoms with Crippen LogP contribution in [0.3, 0.4) is 0 Å². The molecule has 18 heavy (non-hydrogen) atoms. The van der Waals surface area contributed by atoms with Crippen LogP contribution in [0.1, 0.15) is 31.0 Å². The molecule has 96 valence electrons. The van der Waals surface area contributed by atoms with Gasteiger partial charge >= 0.3 is 0 Å². The van der Waals surface area contributed by atoms with Crippen LogP contribution < -0.4 is 0 Å². The monoisotopic (exact) mass is 272 g/mol. The Hall–Kier alpha value is -1.49. The molecule has 0 aliphatic carbocycles. The summed E-state index contributed by atoms with van der Waals surface area (Å²) in [6.07, 6.45) is 1.52. The van der Waals surface area contributed by atoms with E-state index >= 15 is 0 Å². The number of hydrogen-bond acceptors (Lipinski definition) is 3. The molecule has 0 fully saturated rings. The largest absolute Gasteiger partial charge is 0.334 e. The SMILES string of the molecule is CCCC(Cl)c1noc(-c2c(F)cccc2F)n1. The molecule has 0 aliphatic heterocycles. The average molecular weight is 273 g/mol. The first kappa shape index (κ1) is 13.0. The van der Waals surface area contributed by atoms with Crippen LogP contribution in [0.25, 0.3) is 11.5 Å². The summed E-state index contributed by atoms with van der Waals surface area (Å²) in [5.41, 5.74) is -0.323. The maximum Gasteiger partial charge on any atom is 0.263 e. The van der Waals surface area contributed by atoms with E-state index in [0.29, 0.717) is 6.42 Å². The van der Waals surface area contributed by atoms with Crippen molar-refractivity contribution in [2.75, 3.05) is 0 Å². The van der Waals surface area contributed by atoms with Crippen molar-refractivity contribution >= 4 is 11.6 Å². The molecule has 0 amide bonds. The van der Waals surface area contributed by atoms with Crippen molar-refractivity contribution in [1.82, 2.24) is 10.1 Å². The third-order valence-electron chi connectivity index (χ3n) is 2.44. The second kappa shape index (κ2) is 5.44. The van der Waals surface area contributed by atoms with E-state index in [1.807, 2.05) is 6.92 Å². The third kappa shape index (κ3) is 2.51. The summed E-state index contributed by atoms with van der Waals surface area (Å²) in [5, 5.41) is 3.23. The molecule has 1 aromatic heterocycles. The van der Waals surface area contributed by atoms with E-state index < -0.39 is 17.0 Å². The average Bonchev–Trinajstić information content (AvgIpc) is 2.78. The van der Waals surface area contributed by atoms with Gasteiger partial charge in [-0.25, -0.2) is 8.78 Å². The lowest BCUT2D eigenvalue weighted by Gasteiger charge is -2.00. The van der Waals surface area contributed by atoms with Gasteiger partial charge in [-0.15, -0.1) is 11.6 Å². The quantitative estimate of drug-likeness (QED) is 0.787. The first-order valence-corrected chi connectivity index (χ1v) is 5.99. The molecule has 0 radical (unpaired) electrons. The fourth-order valence-corrected chi connectivity index (χ4v) is 1.86. The topological polar surface area (TPSA) is 38.9 Å². The van der Waals surface area contributed by atoms with Gasteiger partial charge in [0, 0.05) is 0 Å². The zero-order valence-electron chi connectivity index (χ0n) is 9.66. The Bertz CT molecular complexity index is 524. The van der Waals surface area contributed by atoms with E-state index in [1.54, 1.807) is 0 Å². The Balaban J connectivity index is 2.35. The van der Waals surface area contributed by atoms with Gasteiger partial charge in [-0.05, 0) is 18.6 Å². The number of halogens is 3. The van der Waals surface area contributed by atoms with Crippen molar-refractivity contribution < 1.29 is 13.3 Å². The van der Waals surface area contributed by atoms with E-state index in [0.717, 1.165) is 18.6 Å². The van der Waals surface area contributed by atoms with Gasteiger partial charge in [-0.3, -0.25) is 0 Å². The van der Waals surface area contributed by atoms with Gasteiger partial charge in [0.15, 0.2) is 5.82 Å². The van der Waals surface area contributed by atoms with Crippen LogP contribution in [0.2, 0.25) is 0 Å². The Kier molecular flexibility index (Phi) is 3.91. The van der Waals surface area contributed by atoms with Crippen molar-refractivity contribution in [2.45, 2.75) is 25.1 Å². The molecule has 3 nitrogen and oxygen atoms in total. The minimum atomic E-state index is -0.744. The molecule has 0 N–H and O–H groups in total. The Morgan fingerprint density at radius 3 is 2.61 bits per heavy atom. The predicted octanol–water partition coefficient (Wildman–Crippen LogP) is 4.09. The molecule has 0 bridgehead atoms. The van der Waals surface area contributed by atoms with E-state index in [4.69, 9.17) is 16.1 Å². The van der Waals surface area contributed by atoms with Gasteiger partial charge < -0.3 is 4.52 Å². The minimum Gasteiger partial charge on any atom is -0.334 e. The van der Waals surface area contributed by atoms with Crippen molar-refractivity contribution in [3.63, 3.8) is 0 Å². The summed E-state index contributed by atoms with van der Waals surface area (Å²) in [7, 11) is 0. The van der Waals surface area contributed by atoms with Crippen LogP contribution >= 0.6 is 11.6 Å². The summed E-state index contributed by atoms with van der Waals surface area (Å²) < 4.78 is 31.8. The highest BCUT2D eigenvalue weighted by Gasteiger charge is 2.20. The molecule has 1 heterocycles. The van der Waals surface area contributed by atoms with Crippen molar-refractivity contribution in [1.29, 1.82) is 0 Å². The summed E-state index contributed by atoms with van der Waals surface area (Å²) in [6.45, 7) is 1.97. The number of rotatable bonds is 4. The van der Waals surface area contributed by atoms with Crippen molar-refractivity contribution in [3.8, 4) is 11.5 Å². The number of benzene rings is 1. The summed E-state index contributed by atoms with van der Waals surface area (Å²) in [4.78, 5) is 3.93. The minimum absolute atomic E-state index is 0.192. The first-order valence-electron chi connectivity index (χ1n) is 5.55. The smallest absolute Gasteiger partial charge is 0.263 e. The standard InChI is InChI=1S/C12H11ClF2N2O/c1-2-4-7(13)11-16-12(18-17-11)10-8(14)5-3-6-9(10)15/h3,5-7H,2,4H2,1H3. The molecule has 1 unspecified atom stereocenters. The third-order valence-corrected chi connectivity index (χ3v) is 2.85. The van der Waals surface area contributed by atoms with Crippen LogP contribution in [0, 0.1) is 11.6 Å². The van der Waals surface area contributed by atoms with Crippen LogP contribution in [0.5, 0.6) is 0 Å². The highest BCUT2D eigenvalue weighted by molar-refractivity contribution is 6.20. The molecule has 0 saturated heterocycles. The maximum atomic E-state index is 13.5. The van der Waals surface area contributed by atoms with Gasteiger partial charge in [0.1, 0.15) is 17.2 Å².